The highest BCUT2D eigenvalue weighted by Gasteiger charge is 2.60. The van der Waals surface area contributed by atoms with Gasteiger partial charge in [-0.3, -0.25) is 14.2 Å². The lowest BCUT2D eigenvalue weighted by Crippen LogP contribution is -2.55. The monoisotopic (exact) mass is 371 g/mol. The normalized spacial score (nSPS) is 39.6. The van der Waals surface area contributed by atoms with Crippen LogP contribution in [0.2, 0.25) is 0 Å². The summed E-state index contributed by atoms with van der Waals surface area (Å²) in [6, 6.07) is 0. The number of hydrogen-bond acceptors (Lipinski definition) is 4. The molecule has 146 valence electrons. The van der Waals surface area contributed by atoms with Crippen LogP contribution in [0.1, 0.15) is 92.5 Å². The molecule has 4 saturated carbocycles. The smallest absolute Gasteiger partial charge is 0.233 e. The van der Waals surface area contributed by atoms with E-state index in [1.54, 1.807) is 0 Å². The van der Waals surface area contributed by atoms with Crippen molar-refractivity contribution in [3.8, 4) is 11.6 Å². The Morgan fingerprint density at radius 3 is 2.33 bits per heavy atom. The number of carbonyl (C=O) groups excluding carboxylic acids is 2. The van der Waals surface area contributed by atoms with E-state index in [0.29, 0.717) is 48.1 Å². The van der Waals surface area contributed by atoms with Crippen LogP contribution in [0, 0.1) is 22.2 Å². The van der Waals surface area contributed by atoms with E-state index < -0.39 is 0 Å². The summed E-state index contributed by atoms with van der Waals surface area (Å²) in [6.45, 7) is 4.75. The Hall–Kier alpha value is -1.78. The maximum absolute atomic E-state index is 13.3. The molecule has 0 spiro atoms. The van der Waals surface area contributed by atoms with Crippen molar-refractivity contribution in [1.82, 2.24) is 4.57 Å². The van der Waals surface area contributed by atoms with Crippen molar-refractivity contribution in [3.05, 3.63) is 11.3 Å². The first-order valence-electron chi connectivity index (χ1n) is 10.3. The zero-order valence-corrected chi connectivity index (χ0v) is 16.3. The molecule has 5 nitrogen and oxygen atoms in total. The van der Waals surface area contributed by atoms with Crippen LogP contribution in [0.15, 0.2) is 0 Å². The third-order valence-corrected chi connectivity index (χ3v) is 7.83. The molecule has 5 heteroatoms. The van der Waals surface area contributed by atoms with Crippen molar-refractivity contribution in [2.75, 3.05) is 0 Å². The molecule has 4 bridgehead atoms. The predicted molar refractivity (Wildman–Crippen MR) is 100 cm³/mol. The number of carbonyl (C=O) groups is 2. The van der Waals surface area contributed by atoms with Gasteiger partial charge in [-0.1, -0.05) is 13.8 Å². The van der Waals surface area contributed by atoms with Crippen molar-refractivity contribution in [3.63, 3.8) is 0 Å². The summed E-state index contributed by atoms with van der Waals surface area (Å²) >= 11 is 0. The third kappa shape index (κ3) is 2.43. The van der Waals surface area contributed by atoms with E-state index in [4.69, 9.17) is 0 Å². The second kappa shape index (κ2) is 5.18. The minimum atomic E-state index is -0.348. The summed E-state index contributed by atoms with van der Waals surface area (Å²) in [7, 11) is 0. The van der Waals surface area contributed by atoms with E-state index in [1.807, 2.05) is 0 Å². The van der Waals surface area contributed by atoms with E-state index in [2.05, 4.69) is 13.8 Å². The summed E-state index contributed by atoms with van der Waals surface area (Å²) in [5.41, 5.74) is 0.983. The van der Waals surface area contributed by atoms with E-state index in [1.165, 1.54) is 19.3 Å². The van der Waals surface area contributed by atoms with Crippen LogP contribution >= 0.6 is 0 Å². The number of aromatic hydroxyl groups is 2. The minimum Gasteiger partial charge on any atom is -0.505 e. The first kappa shape index (κ1) is 17.3. The number of nitrogens with zero attached hydrogens (tertiary/aromatic N) is 1. The highest BCUT2D eigenvalue weighted by Crippen LogP contribution is 2.70. The average Bonchev–Trinajstić information content (AvgIpc) is 2.75. The van der Waals surface area contributed by atoms with Gasteiger partial charge in [0.2, 0.25) is 11.8 Å². The van der Waals surface area contributed by atoms with Crippen LogP contribution in [0.4, 0.5) is 0 Å². The van der Waals surface area contributed by atoms with Gasteiger partial charge in [0.05, 0.1) is 5.69 Å². The lowest BCUT2D eigenvalue weighted by atomic mass is 9.39. The van der Waals surface area contributed by atoms with E-state index >= 15 is 0 Å². The number of rotatable bonds is 3. The van der Waals surface area contributed by atoms with Crippen molar-refractivity contribution < 1.29 is 19.8 Å². The van der Waals surface area contributed by atoms with Gasteiger partial charge < -0.3 is 10.2 Å². The summed E-state index contributed by atoms with van der Waals surface area (Å²) in [5, 5.41) is 21.2. The Labute approximate surface area is 159 Å². The highest BCUT2D eigenvalue weighted by atomic mass is 16.3. The molecule has 0 radical (unpaired) electrons. The summed E-state index contributed by atoms with van der Waals surface area (Å²) in [5.74, 6) is -0.270. The van der Waals surface area contributed by atoms with Gasteiger partial charge >= 0.3 is 0 Å². The lowest BCUT2D eigenvalue weighted by molar-refractivity contribution is -0.143. The van der Waals surface area contributed by atoms with Crippen molar-refractivity contribution in [2.24, 2.45) is 22.2 Å². The zero-order valence-electron chi connectivity index (χ0n) is 16.3. The first-order chi connectivity index (χ1) is 12.6. The SMILES string of the molecule is CC12CC3CC(C)(C1)CC(CC(=O)c1c(O)c4n(c1O)C(=O)CCC4)(C3)C2. The van der Waals surface area contributed by atoms with Crippen molar-refractivity contribution >= 4 is 11.7 Å². The van der Waals surface area contributed by atoms with Gasteiger partial charge in [0.25, 0.3) is 0 Å². The molecule has 1 aromatic rings. The quantitative estimate of drug-likeness (QED) is 0.770. The molecule has 2 unspecified atom stereocenters. The van der Waals surface area contributed by atoms with E-state index in [9.17, 15) is 19.8 Å². The zero-order chi connectivity index (χ0) is 19.2. The molecule has 4 aliphatic carbocycles. The topological polar surface area (TPSA) is 79.5 Å². The fourth-order valence-corrected chi connectivity index (χ4v) is 8.18. The average molecular weight is 371 g/mol. The lowest BCUT2D eigenvalue weighted by Gasteiger charge is -2.65. The molecule has 0 saturated heterocycles. The molecule has 1 aliphatic heterocycles. The van der Waals surface area contributed by atoms with Crippen molar-refractivity contribution in [1.29, 1.82) is 0 Å². The molecular weight excluding hydrogens is 342 g/mol. The Kier molecular flexibility index (Phi) is 3.32. The fourth-order valence-electron chi connectivity index (χ4n) is 8.18. The molecule has 1 aromatic heterocycles. The molecule has 2 atom stereocenters. The second-order valence-electron chi connectivity index (χ2n) is 10.8. The van der Waals surface area contributed by atoms with E-state index in [-0.39, 0.29) is 34.3 Å². The van der Waals surface area contributed by atoms with Gasteiger partial charge in [0.15, 0.2) is 11.5 Å². The van der Waals surface area contributed by atoms with Crippen molar-refractivity contribution in [2.45, 2.75) is 78.1 Å². The van der Waals surface area contributed by atoms with Crippen LogP contribution in [0.5, 0.6) is 11.6 Å². The predicted octanol–water partition coefficient (Wildman–Crippen LogP) is 4.45. The molecule has 5 aliphatic rings. The molecular formula is C22H29NO4. The van der Waals surface area contributed by atoms with Gasteiger partial charge in [0, 0.05) is 12.8 Å². The number of Topliss-reactive ketones (excluding diaryl/α,β-unsaturated/α-hetero) is 1. The summed E-state index contributed by atoms with van der Waals surface area (Å²) < 4.78 is 1.16. The van der Waals surface area contributed by atoms with Gasteiger partial charge in [0.1, 0.15) is 5.56 Å². The molecule has 6 rings (SSSR count). The Morgan fingerprint density at radius 1 is 1.07 bits per heavy atom. The summed E-state index contributed by atoms with van der Waals surface area (Å²) in [6.07, 6.45) is 8.85. The second-order valence-corrected chi connectivity index (χ2v) is 10.8. The highest BCUT2D eigenvalue weighted by molar-refractivity contribution is 6.03. The largest absolute Gasteiger partial charge is 0.505 e. The number of hydrogen-bond donors (Lipinski definition) is 2. The Balaban J connectivity index is 1.49. The standard InChI is InChI=1S/C22H29NO4/c1-20-6-13-7-21(2,10-20)12-22(8-13,11-20)9-15(24)17-18(26)14-4-3-5-16(25)23(14)19(17)27/h13,26-27H,3-12H2,1-2H3. The van der Waals surface area contributed by atoms with Gasteiger partial charge in [-0.05, 0) is 73.5 Å². The van der Waals surface area contributed by atoms with Crippen LogP contribution in [0.3, 0.4) is 0 Å². The minimum absolute atomic E-state index is 0.0219. The number of fused-ring (bicyclic) bond motifs is 1. The Bertz CT molecular complexity index is 848. The maximum atomic E-state index is 13.3. The molecule has 27 heavy (non-hydrogen) atoms. The maximum Gasteiger partial charge on any atom is 0.233 e. The van der Waals surface area contributed by atoms with Gasteiger partial charge in [-0.2, -0.15) is 0 Å². The van der Waals surface area contributed by atoms with Crippen LogP contribution < -0.4 is 0 Å². The van der Waals surface area contributed by atoms with Gasteiger partial charge in [-0.25, -0.2) is 0 Å². The van der Waals surface area contributed by atoms with E-state index in [0.717, 1.165) is 23.8 Å². The third-order valence-electron chi connectivity index (χ3n) is 7.83. The fraction of sp³-hybridized carbons (Fsp3) is 0.727. The van der Waals surface area contributed by atoms with Gasteiger partial charge in [-0.15, -0.1) is 0 Å². The van der Waals surface area contributed by atoms with Crippen LogP contribution in [-0.4, -0.2) is 26.5 Å². The summed E-state index contributed by atoms with van der Waals surface area (Å²) in [4.78, 5) is 25.4. The molecule has 4 fully saturated rings. The number of aromatic nitrogens is 1. The Morgan fingerprint density at radius 2 is 1.74 bits per heavy atom. The van der Waals surface area contributed by atoms with Crippen LogP contribution in [0.25, 0.3) is 0 Å². The number of ketones is 1. The first-order valence-corrected chi connectivity index (χ1v) is 10.3. The molecule has 0 aromatic carbocycles. The van der Waals surface area contributed by atoms with Crippen LogP contribution in [-0.2, 0) is 6.42 Å². The molecule has 2 heterocycles. The molecule has 0 amide bonds. The molecule has 2 N–H and O–H groups in total.